The fourth-order valence-electron chi connectivity index (χ4n) is 5.34. The van der Waals surface area contributed by atoms with Gasteiger partial charge in [-0.15, -0.1) is 0 Å². The van der Waals surface area contributed by atoms with Gasteiger partial charge in [0.1, 0.15) is 0 Å². The highest BCUT2D eigenvalue weighted by Gasteiger charge is 2.62. The molecule has 0 saturated heterocycles. The molecule has 1 spiro atoms. The lowest BCUT2D eigenvalue weighted by atomic mass is 9.56. The summed E-state index contributed by atoms with van der Waals surface area (Å²) in [5.41, 5.74) is 2.19. The first-order valence-electron chi connectivity index (χ1n) is 7.70. The van der Waals surface area contributed by atoms with E-state index in [-0.39, 0.29) is 5.97 Å². The SMILES string of the molecule is C=C1[C@H]2CC[C@@H](COC(C)=O)[C@@]23CC[C@H](C3)C1(C)C. The molecule has 0 unspecified atom stereocenters. The highest BCUT2D eigenvalue weighted by atomic mass is 16.5. The Kier molecular flexibility index (Phi) is 2.85. The third-order valence-electron chi connectivity index (χ3n) is 6.65. The van der Waals surface area contributed by atoms with Gasteiger partial charge in [0.15, 0.2) is 0 Å². The van der Waals surface area contributed by atoms with Crippen molar-refractivity contribution in [3.05, 3.63) is 12.2 Å². The molecule has 0 amide bonds. The van der Waals surface area contributed by atoms with Crippen LogP contribution in [0.2, 0.25) is 0 Å². The fourth-order valence-corrected chi connectivity index (χ4v) is 5.34. The molecule has 3 saturated carbocycles. The van der Waals surface area contributed by atoms with Gasteiger partial charge in [-0.2, -0.15) is 0 Å². The van der Waals surface area contributed by atoms with Crippen molar-refractivity contribution in [2.24, 2.45) is 28.6 Å². The Morgan fingerprint density at radius 1 is 1.37 bits per heavy atom. The van der Waals surface area contributed by atoms with Gasteiger partial charge in [0.2, 0.25) is 0 Å². The lowest BCUT2D eigenvalue weighted by Crippen LogP contribution is -2.42. The van der Waals surface area contributed by atoms with Crippen LogP contribution in [-0.2, 0) is 9.53 Å². The molecule has 0 aromatic carbocycles. The summed E-state index contributed by atoms with van der Waals surface area (Å²) in [6, 6.07) is 0. The molecule has 0 aliphatic heterocycles. The van der Waals surface area contributed by atoms with Crippen LogP contribution in [0.15, 0.2) is 12.2 Å². The normalized spacial score (nSPS) is 43.1. The molecule has 0 radical (unpaired) electrons. The Balaban J connectivity index is 1.86. The van der Waals surface area contributed by atoms with Crippen LogP contribution in [0.3, 0.4) is 0 Å². The maximum absolute atomic E-state index is 11.1. The van der Waals surface area contributed by atoms with Gasteiger partial charge >= 0.3 is 5.97 Å². The van der Waals surface area contributed by atoms with E-state index in [2.05, 4.69) is 20.4 Å². The first kappa shape index (κ1) is 13.2. The minimum absolute atomic E-state index is 0.135. The van der Waals surface area contributed by atoms with Crippen LogP contribution in [0.1, 0.15) is 52.9 Å². The van der Waals surface area contributed by atoms with Gasteiger partial charge in [0.05, 0.1) is 6.61 Å². The number of rotatable bonds is 2. The van der Waals surface area contributed by atoms with Crippen molar-refractivity contribution in [1.82, 2.24) is 0 Å². The second-order valence-electron chi connectivity index (χ2n) is 7.55. The number of allylic oxidation sites excluding steroid dienone is 1. The van der Waals surface area contributed by atoms with Crippen molar-refractivity contribution >= 4 is 5.97 Å². The zero-order valence-electron chi connectivity index (χ0n) is 12.5. The van der Waals surface area contributed by atoms with E-state index in [1.54, 1.807) is 0 Å². The number of ether oxygens (including phenoxy) is 1. The smallest absolute Gasteiger partial charge is 0.302 e. The largest absolute Gasteiger partial charge is 0.466 e. The highest BCUT2D eigenvalue weighted by molar-refractivity contribution is 5.65. The van der Waals surface area contributed by atoms with E-state index in [9.17, 15) is 4.79 Å². The summed E-state index contributed by atoms with van der Waals surface area (Å²) >= 11 is 0. The molecule has 3 rings (SSSR count). The Hall–Kier alpha value is -0.790. The van der Waals surface area contributed by atoms with Gasteiger partial charge < -0.3 is 4.74 Å². The van der Waals surface area contributed by atoms with Crippen molar-refractivity contribution in [2.75, 3.05) is 6.61 Å². The predicted octanol–water partition coefficient (Wildman–Crippen LogP) is 3.96. The maximum Gasteiger partial charge on any atom is 0.302 e. The van der Waals surface area contributed by atoms with Crippen LogP contribution in [0.5, 0.6) is 0 Å². The first-order valence-corrected chi connectivity index (χ1v) is 7.70. The van der Waals surface area contributed by atoms with Gasteiger partial charge in [-0.3, -0.25) is 4.79 Å². The number of carbonyl (C=O) groups excluding carboxylic acids is 1. The molecule has 4 atom stereocenters. The monoisotopic (exact) mass is 262 g/mol. The van der Waals surface area contributed by atoms with Crippen LogP contribution >= 0.6 is 0 Å². The molecule has 0 N–H and O–H groups in total. The lowest BCUT2D eigenvalue weighted by Gasteiger charge is -2.49. The summed E-state index contributed by atoms with van der Waals surface area (Å²) in [4.78, 5) is 11.1. The standard InChI is InChI=1S/C17H26O2/c1-11-15-6-5-14(10-19-12(2)18)17(15)8-7-13(9-17)16(11,3)4/h13-15H,1,5-10H2,2-4H3/t13-,14+,15-,17+/m1/s1. The Morgan fingerprint density at radius 3 is 2.79 bits per heavy atom. The van der Waals surface area contributed by atoms with E-state index in [0.29, 0.717) is 29.3 Å². The molecule has 106 valence electrons. The zero-order valence-corrected chi connectivity index (χ0v) is 12.5. The molecule has 0 aromatic heterocycles. The summed E-state index contributed by atoms with van der Waals surface area (Å²) < 4.78 is 5.34. The van der Waals surface area contributed by atoms with Gasteiger partial charge in [-0.25, -0.2) is 0 Å². The minimum atomic E-state index is -0.135. The van der Waals surface area contributed by atoms with Crippen molar-refractivity contribution in [3.8, 4) is 0 Å². The van der Waals surface area contributed by atoms with Gasteiger partial charge in [-0.1, -0.05) is 26.0 Å². The molecule has 0 aromatic rings. The quantitative estimate of drug-likeness (QED) is 0.556. The van der Waals surface area contributed by atoms with E-state index >= 15 is 0 Å². The summed E-state index contributed by atoms with van der Waals surface area (Å²) in [5, 5.41) is 0. The minimum Gasteiger partial charge on any atom is -0.466 e. The van der Waals surface area contributed by atoms with Crippen molar-refractivity contribution < 1.29 is 9.53 Å². The van der Waals surface area contributed by atoms with Gasteiger partial charge in [-0.05, 0) is 60.7 Å². The van der Waals surface area contributed by atoms with Crippen LogP contribution in [-0.4, -0.2) is 12.6 Å². The molecule has 2 bridgehead atoms. The fraction of sp³-hybridized carbons (Fsp3) is 0.824. The van der Waals surface area contributed by atoms with E-state index in [4.69, 9.17) is 4.74 Å². The number of fused-ring (bicyclic) bond motifs is 1. The summed E-state index contributed by atoms with van der Waals surface area (Å²) in [5.74, 6) is 1.89. The van der Waals surface area contributed by atoms with E-state index in [1.165, 1.54) is 44.6 Å². The van der Waals surface area contributed by atoms with Crippen molar-refractivity contribution in [3.63, 3.8) is 0 Å². The van der Waals surface area contributed by atoms with E-state index in [1.807, 2.05) is 0 Å². The molecule has 2 heteroatoms. The average Bonchev–Trinajstić information content (AvgIpc) is 2.90. The second-order valence-corrected chi connectivity index (χ2v) is 7.55. The number of hydrogen-bond acceptors (Lipinski definition) is 2. The molecular weight excluding hydrogens is 236 g/mol. The molecular formula is C17H26O2. The van der Waals surface area contributed by atoms with Gasteiger partial charge in [0.25, 0.3) is 0 Å². The van der Waals surface area contributed by atoms with E-state index in [0.717, 1.165) is 5.92 Å². The summed E-state index contributed by atoms with van der Waals surface area (Å²) in [7, 11) is 0. The molecule has 3 aliphatic carbocycles. The molecule has 19 heavy (non-hydrogen) atoms. The topological polar surface area (TPSA) is 26.3 Å². The number of esters is 1. The average molecular weight is 262 g/mol. The number of carbonyl (C=O) groups is 1. The van der Waals surface area contributed by atoms with Crippen molar-refractivity contribution in [1.29, 1.82) is 0 Å². The summed E-state index contributed by atoms with van der Waals surface area (Å²) in [6.45, 7) is 11.4. The zero-order chi connectivity index (χ0) is 13.8. The van der Waals surface area contributed by atoms with Crippen LogP contribution in [0.4, 0.5) is 0 Å². The number of hydrogen-bond donors (Lipinski definition) is 0. The van der Waals surface area contributed by atoms with E-state index < -0.39 is 0 Å². The summed E-state index contributed by atoms with van der Waals surface area (Å²) in [6.07, 6.45) is 6.44. The third-order valence-corrected chi connectivity index (χ3v) is 6.65. The highest BCUT2D eigenvalue weighted by Crippen LogP contribution is 2.70. The molecule has 3 fully saturated rings. The van der Waals surface area contributed by atoms with Crippen LogP contribution in [0.25, 0.3) is 0 Å². The molecule has 2 nitrogen and oxygen atoms in total. The Morgan fingerprint density at radius 2 is 2.11 bits per heavy atom. The second kappa shape index (κ2) is 4.10. The Bertz CT molecular complexity index is 423. The first-order chi connectivity index (χ1) is 8.88. The van der Waals surface area contributed by atoms with Gasteiger partial charge in [0, 0.05) is 6.92 Å². The lowest BCUT2D eigenvalue weighted by molar-refractivity contribution is -0.143. The third kappa shape index (κ3) is 1.71. The van der Waals surface area contributed by atoms with Crippen LogP contribution in [0, 0.1) is 28.6 Å². The molecule has 0 heterocycles. The maximum atomic E-state index is 11.1. The Labute approximate surface area is 116 Å². The predicted molar refractivity (Wildman–Crippen MR) is 75.5 cm³/mol. The van der Waals surface area contributed by atoms with Crippen LogP contribution < -0.4 is 0 Å². The van der Waals surface area contributed by atoms with Crippen molar-refractivity contribution in [2.45, 2.75) is 52.9 Å². The molecule has 3 aliphatic rings.